The molecule has 3 nitrogen and oxygen atoms in total. The smallest absolute Gasteiger partial charge is 0.242 e. The van der Waals surface area contributed by atoms with Crippen LogP contribution in [0.3, 0.4) is 0 Å². The van der Waals surface area contributed by atoms with Gasteiger partial charge in [-0.25, -0.2) is 9.67 Å². The van der Waals surface area contributed by atoms with Gasteiger partial charge in [-0.1, -0.05) is 0 Å². The molecule has 0 aliphatic heterocycles. The first-order chi connectivity index (χ1) is 6.24. The highest BCUT2D eigenvalue weighted by Crippen LogP contribution is 2.21. The molecule has 0 bridgehead atoms. The SMILES string of the molecule is Clc1ncn(Cc2csc(Br)c2)n1. The van der Waals surface area contributed by atoms with E-state index in [4.69, 9.17) is 11.6 Å². The van der Waals surface area contributed by atoms with Crippen LogP contribution in [0.25, 0.3) is 0 Å². The summed E-state index contributed by atoms with van der Waals surface area (Å²) in [6, 6.07) is 2.06. The van der Waals surface area contributed by atoms with Crippen LogP contribution in [-0.4, -0.2) is 14.8 Å². The number of nitrogens with zero attached hydrogens (tertiary/aromatic N) is 3. The molecule has 2 aromatic rings. The predicted molar refractivity (Wildman–Crippen MR) is 56.2 cm³/mol. The summed E-state index contributed by atoms with van der Waals surface area (Å²) >= 11 is 10.6. The molecule has 0 aliphatic carbocycles. The van der Waals surface area contributed by atoms with Crippen molar-refractivity contribution in [2.75, 3.05) is 0 Å². The van der Waals surface area contributed by atoms with Gasteiger partial charge in [0.05, 0.1) is 10.3 Å². The lowest BCUT2D eigenvalue weighted by atomic mass is 10.3. The first-order valence-corrected chi connectivity index (χ1v) is 5.57. The second-order valence-corrected chi connectivity index (χ2v) is 5.10. The lowest BCUT2D eigenvalue weighted by molar-refractivity contribution is 0.686. The average Bonchev–Trinajstić information content (AvgIpc) is 2.62. The van der Waals surface area contributed by atoms with Gasteiger partial charge in [0.25, 0.3) is 0 Å². The highest BCUT2D eigenvalue weighted by Gasteiger charge is 2.00. The molecule has 0 radical (unpaired) electrons. The summed E-state index contributed by atoms with van der Waals surface area (Å²) in [5, 5.41) is 6.33. The maximum Gasteiger partial charge on any atom is 0.242 e. The molecule has 6 heteroatoms. The van der Waals surface area contributed by atoms with Crippen molar-refractivity contribution in [3.05, 3.63) is 32.4 Å². The van der Waals surface area contributed by atoms with Gasteiger partial charge < -0.3 is 0 Å². The van der Waals surface area contributed by atoms with Gasteiger partial charge in [-0.15, -0.1) is 16.4 Å². The quantitative estimate of drug-likeness (QED) is 0.846. The van der Waals surface area contributed by atoms with Gasteiger partial charge in [-0.3, -0.25) is 0 Å². The minimum Gasteiger partial charge on any atom is -0.247 e. The fourth-order valence-electron chi connectivity index (χ4n) is 0.964. The van der Waals surface area contributed by atoms with E-state index < -0.39 is 0 Å². The van der Waals surface area contributed by atoms with Gasteiger partial charge in [0, 0.05) is 0 Å². The van der Waals surface area contributed by atoms with Gasteiger partial charge in [0.15, 0.2) is 0 Å². The van der Waals surface area contributed by atoms with Crippen molar-refractivity contribution in [2.45, 2.75) is 6.54 Å². The molecule has 0 saturated carbocycles. The first kappa shape index (κ1) is 9.18. The summed E-state index contributed by atoms with van der Waals surface area (Å²) in [5.74, 6) is 0. The van der Waals surface area contributed by atoms with Crippen LogP contribution in [0.2, 0.25) is 5.28 Å². The maximum absolute atomic E-state index is 5.58. The number of hydrogen-bond donors (Lipinski definition) is 0. The molecule has 2 rings (SSSR count). The van der Waals surface area contributed by atoms with Crippen LogP contribution in [0, 0.1) is 0 Å². The zero-order valence-electron chi connectivity index (χ0n) is 6.44. The Hall–Kier alpha value is -0.390. The second kappa shape index (κ2) is 3.77. The van der Waals surface area contributed by atoms with E-state index in [1.54, 1.807) is 22.3 Å². The Labute approximate surface area is 92.5 Å². The predicted octanol–water partition coefficient (Wildman–Crippen LogP) is 2.80. The highest BCUT2D eigenvalue weighted by molar-refractivity contribution is 9.11. The summed E-state index contributed by atoms with van der Waals surface area (Å²) < 4.78 is 2.82. The Kier molecular flexibility index (Phi) is 2.66. The van der Waals surface area contributed by atoms with Gasteiger partial charge in [0.1, 0.15) is 6.33 Å². The third-order valence-electron chi connectivity index (χ3n) is 1.47. The fraction of sp³-hybridized carbons (Fsp3) is 0.143. The molecule has 2 aromatic heterocycles. The molecule has 0 atom stereocenters. The lowest BCUT2D eigenvalue weighted by Crippen LogP contribution is -1.98. The molecular weight excluding hydrogens is 274 g/mol. The summed E-state index contributed by atoms with van der Waals surface area (Å²) in [6.45, 7) is 0.710. The number of halogens is 2. The number of hydrogen-bond acceptors (Lipinski definition) is 3. The van der Waals surface area contributed by atoms with E-state index in [1.165, 1.54) is 5.56 Å². The summed E-state index contributed by atoms with van der Waals surface area (Å²) in [4.78, 5) is 3.83. The van der Waals surface area contributed by atoms with Crippen molar-refractivity contribution < 1.29 is 0 Å². The van der Waals surface area contributed by atoms with E-state index in [1.807, 2.05) is 0 Å². The monoisotopic (exact) mass is 277 g/mol. The molecule has 0 aliphatic rings. The Morgan fingerprint density at radius 2 is 2.46 bits per heavy atom. The van der Waals surface area contributed by atoms with Crippen LogP contribution in [-0.2, 0) is 6.54 Å². The topological polar surface area (TPSA) is 30.7 Å². The van der Waals surface area contributed by atoms with Gasteiger partial charge in [-0.05, 0) is 44.5 Å². The minimum atomic E-state index is 0.286. The van der Waals surface area contributed by atoms with E-state index in [0.29, 0.717) is 6.54 Å². The summed E-state index contributed by atoms with van der Waals surface area (Å²) in [6.07, 6.45) is 1.62. The molecule has 0 spiro atoms. The van der Waals surface area contributed by atoms with Gasteiger partial charge in [-0.2, -0.15) is 0 Å². The maximum atomic E-state index is 5.58. The fourth-order valence-corrected chi connectivity index (χ4v) is 2.30. The van der Waals surface area contributed by atoms with Crippen LogP contribution >= 0.6 is 38.9 Å². The van der Waals surface area contributed by atoms with Crippen LogP contribution in [0.15, 0.2) is 21.6 Å². The molecule has 13 heavy (non-hydrogen) atoms. The first-order valence-electron chi connectivity index (χ1n) is 3.52. The number of aromatic nitrogens is 3. The standard InChI is InChI=1S/C7H5BrClN3S/c8-6-1-5(3-13-6)2-12-4-10-7(9)11-12/h1,3-4H,2H2. The van der Waals surface area contributed by atoms with E-state index in [0.717, 1.165) is 3.79 Å². The third-order valence-corrected chi connectivity index (χ3v) is 3.20. The van der Waals surface area contributed by atoms with Crippen molar-refractivity contribution in [2.24, 2.45) is 0 Å². The normalized spacial score (nSPS) is 10.6. The number of thiophene rings is 1. The van der Waals surface area contributed by atoms with Crippen molar-refractivity contribution in [1.82, 2.24) is 14.8 Å². The Morgan fingerprint density at radius 1 is 1.62 bits per heavy atom. The van der Waals surface area contributed by atoms with Gasteiger partial charge >= 0.3 is 0 Å². The molecule has 0 aromatic carbocycles. The molecule has 2 heterocycles. The second-order valence-electron chi connectivity index (χ2n) is 2.47. The Balaban J connectivity index is 2.14. The van der Waals surface area contributed by atoms with E-state index in [2.05, 4.69) is 37.5 Å². The minimum absolute atomic E-state index is 0.286. The molecule has 0 fully saturated rings. The van der Waals surface area contributed by atoms with E-state index in [-0.39, 0.29) is 5.28 Å². The van der Waals surface area contributed by atoms with Crippen LogP contribution in [0.4, 0.5) is 0 Å². The Bertz CT molecular complexity index is 373. The van der Waals surface area contributed by atoms with E-state index >= 15 is 0 Å². The molecule has 0 unspecified atom stereocenters. The molecule has 0 amide bonds. The van der Waals surface area contributed by atoms with Crippen LogP contribution in [0.1, 0.15) is 5.56 Å². The lowest BCUT2D eigenvalue weighted by Gasteiger charge is -1.94. The number of rotatable bonds is 2. The van der Waals surface area contributed by atoms with Gasteiger partial charge in [0.2, 0.25) is 5.28 Å². The molecule has 68 valence electrons. The highest BCUT2D eigenvalue weighted by atomic mass is 79.9. The van der Waals surface area contributed by atoms with Crippen molar-refractivity contribution in [3.8, 4) is 0 Å². The summed E-state index contributed by atoms with van der Waals surface area (Å²) in [5.41, 5.74) is 1.19. The van der Waals surface area contributed by atoms with Crippen molar-refractivity contribution >= 4 is 38.9 Å². The third kappa shape index (κ3) is 2.30. The van der Waals surface area contributed by atoms with Crippen molar-refractivity contribution in [3.63, 3.8) is 0 Å². The zero-order valence-corrected chi connectivity index (χ0v) is 9.60. The Morgan fingerprint density at radius 3 is 3.00 bits per heavy atom. The largest absolute Gasteiger partial charge is 0.247 e. The van der Waals surface area contributed by atoms with Crippen molar-refractivity contribution in [1.29, 1.82) is 0 Å². The summed E-state index contributed by atoms with van der Waals surface area (Å²) in [7, 11) is 0. The van der Waals surface area contributed by atoms with Crippen LogP contribution < -0.4 is 0 Å². The molecular formula is C7H5BrClN3S. The van der Waals surface area contributed by atoms with E-state index in [9.17, 15) is 0 Å². The molecule has 0 saturated heterocycles. The zero-order chi connectivity index (χ0) is 9.26. The van der Waals surface area contributed by atoms with Crippen LogP contribution in [0.5, 0.6) is 0 Å². The average molecular weight is 279 g/mol. The molecule has 0 N–H and O–H groups in total.